The summed E-state index contributed by atoms with van der Waals surface area (Å²) in [5.74, 6) is 0. The van der Waals surface area contributed by atoms with E-state index in [1.807, 2.05) is 24.3 Å². The summed E-state index contributed by atoms with van der Waals surface area (Å²) in [6.07, 6.45) is -0.0111. The van der Waals surface area contributed by atoms with Crippen LogP contribution >= 0.6 is 0 Å². The van der Waals surface area contributed by atoms with Gasteiger partial charge in [-0.2, -0.15) is 8.42 Å². The van der Waals surface area contributed by atoms with Gasteiger partial charge in [0.1, 0.15) is 5.25 Å². The molecule has 0 aromatic heterocycles. The SMILES string of the molecule is C[C@H](c1ccccc1)N1CCO[C@@H](C[C@H](c2ccccc2)S(=O)(=O)O)C1. The second-order valence-corrected chi connectivity index (χ2v) is 8.32. The van der Waals surface area contributed by atoms with Gasteiger partial charge in [-0.15, -0.1) is 0 Å². The molecule has 0 spiro atoms. The molecule has 1 saturated heterocycles. The van der Waals surface area contributed by atoms with Crippen LogP contribution < -0.4 is 0 Å². The van der Waals surface area contributed by atoms with Gasteiger partial charge in [-0.05, 0) is 24.5 Å². The van der Waals surface area contributed by atoms with Gasteiger partial charge in [-0.1, -0.05) is 60.7 Å². The predicted molar refractivity (Wildman–Crippen MR) is 102 cm³/mol. The van der Waals surface area contributed by atoms with E-state index in [9.17, 15) is 13.0 Å². The molecule has 6 heteroatoms. The average Bonchev–Trinajstić information content (AvgIpc) is 2.66. The zero-order chi connectivity index (χ0) is 18.6. The van der Waals surface area contributed by atoms with Gasteiger partial charge in [0.05, 0.1) is 12.7 Å². The van der Waals surface area contributed by atoms with Crippen molar-refractivity contribution >= 4 is 10.1 Å². The Bertz CT molecular complexity index is 795. The van der Waals surface area contributed by atoms with Crippen molar-refractivity contribution in [3.63, 3.8) is 0 Å². The first kappa shape index (κ1) is 19.0. The third-order valence-electron chi connectivity index (χ3n) is 5.01. The number of hydrogen-bond donors (Lipinski definition) is 1. The first-order valence-corrected chi connectivity index (χ1v) is 10.4. The normalized spacial score (nSPS) is 21.2. The van der Waals surface area contributed by atoms with E-state index in [0.717, 1.165) is 6.54 Å². The highest BCUT2D eigenvalue weighted by Gasteiger charge is 2.32. The molecule has 5 nitrogen and oxygen atoms in total. The Morgan fingerprint density at radius 1 is 1.08 bits per heavy atom. The van der Waals surface area contributed by atoms with Gasteiger partial charge in [0.15, 0.2) is 0 Å². The first-order chi connectivity index (χ1) is 12.4. The molecule has 0 bridgehead atoms. The van der Waals surface area contributed by atoms with Crippen LogP contribution in [0.1, 0.15) is 35.8 Å². The monoisotopic (exact) mass is 375 g/mol. The molecule has 26 heavy (non-hydrogen) atoms. The molecule has 1 aliphatic rings. The van der Waals surface area contributed by atoms with E-state index in [2.05, 4.69) is 24.0 Å². The lowest BCUT2D eigenvalue weighted by molar-refractivity contribution is -0.0452. The molecule has 1 aliphatic heterocycles. The quantitative estimate of drug-likeness (QED) is 0.783. The molecule has 1 heterocycles. The van der Waals surface area contributed by atoms with Crippen molar-refractivity contribution in [2.24, 2.45) is 0 Å². The van der Waals surface area contributed by atoms with Gasteiger partial charge >= 0.3 is 0 Å². The summed E-state index contributed by atoms with van der Waals surface area (Å²) >= 11 is 0. The van der Waals surface area contributed by atoms with Gasteiger partial charge in [-0.25, -0.2) is 0 Å². The predicted octanol–water partition coefficient (Wildman–Crippen LogP) is 3.47. The fourth-order valence-electron chi connectivity index (χ4n) is 3.52. The maximum atomic E-state index is 11.9. The van der Waals surface area contributed by atoms with Crippen LogP contribution in [0, 0.1) is 0 Å². The molecule has 2 aromatic carbocycles. The van der Waals surface area contributed by atoms with Crippen molar-refractivity contribution in [3.05, 3.63) is 71.8 Å². The van der Waals surface area contributed by atoms with Crippen LogP contribution in [0.25, 0.3) is 0 Å². The smallest absolute Gasteiger partial charge is 0.272 e. The van der Waals surface area contributed by atoms with Crippen LogP contribution in [-0.2, 0) is 14.9 Å². The molecule has 0 radical (unpaired) electrons. The van der Waals surface area contributed by atoms with Gasteiger partial charge in [-0.3, -0.25) is 9.45 Å². The molecule has 0 unspecified atom stereocenters. The first-order valence-electron chi connectivity index (χ1n) is 8.87. The van der Waals surface area contributed by atoms with E-state index in [1.54, 1.807) is 24.3 Å². The second-order valence-electron chi connectivity index (χ2n) is 6.72. The van der Waals surface area contributed by atoms with Crippen molar-refractivity contribution in [1.82, 2.24) is 4.90 Å². The minimum atomic E-state index is -4.21. The van der Waals surface area contributed by atoms with Crippen LogP contribution in [-0.4, -0.2) is 43.7 Å². The second kappa shape index (κ2) is 8.31. The Kier molecular flexibility index (Phi) is 6.09. The maximum Gasteiger partial charge on any atom is 0.272 e. The van der Waals surface area contributed by atoms with Crippen LogP contribution in [0.5, 0.6) is 0 Å². The Morgan fingerprint density at radius 2 is 1.65 bits per heavy atom. The molecule has 0 saturated carbocycles. The lowest BCUT2D eigenvalue weighted by Gasteiger charge is -2.38. The number of nitrogens with zero attached hydrogens (tertiary/aromatic N) is 1. The number of ether oxygens (including phenoxy) is 1. The molecule has 0 aliphatic carbocycles. The molecular weight excluding hydrogens is 350 g/mol. The minimum Gasteiger partial charge on any atom is -0.375 e. The van der Waals surface area contributed by atoms with Crippen molar-refractivity contribution in [3.8, 4) is 0 Å². The number of benzene rings is 2. The van der Waals surface area contributed by atoms with Gasteiger partial charge in [0.25, 0.3) is 10.1 Å². The van der Waals surface area contributed by atoms with Crippen LogP contribution in [0.15, 0.2) is 60.7 Å². The number of hydrogen-bond acceptors (Lipinski definition) is 4. The van der Waals surface area contributed by atoms with Gasteiger partial charge in [0, 0.05) is 19.1 Å². The molecule has 140 valence electrons. The van der Waals surface area contributed by atoms with E-state index in [1.165, 1.54) is 5.56 Å². The van der Waals surface area contributed by atoms with E-state index >= 15 is 0 Å². The molecule has 0 amide bonds. The summed E-state index contributed by atoms with van der Waals surface area (Å²) in [6.45, 7) is 4.13. The van der Waals surface area contributed by atoms with Crippen LogP contribution in [0.4, 0.5) is 0 Å². The van der Waals surface area contributed by atoms with Crippen molar-refractivity contribution in [2.75, 3.05) is 19.7 Å². The molecule has 1 N–H and O–H groups in total. The number of morpholine rings is 1. The standard InChI is InChI=1S/C20H25NO4S/c1-16(17-8-4-2-5-9-17)21-12-13-25-19(15-21)14-20(26(22,23)24)18-10-6-3-7-11-18/h2-11,16,19-20H,12-15H2,1H3,(H,22,23,24)/t16-,19+,20-/m1/s1. The highest BCUT2D eigenvalue weighted by Crippen LogP contribution is 2.30. The van der Waals surface area contributed by atoms with E-state index in [-0.39, 0.29) is 18.6 Å². The minimum absolute atomic E-state index is 0.225. The summed E-state index contributed by atoms with van der Waals surface area (Å²) < 4.78 is 39.4. The highest BCUT2D eigenvalue weighted by molar-refractivity contribution is 7.86. The summed E-state index contributed by atoms with van der Waals surface area (Å²) in [4.78, 5) is 2.30. The average molecular weight is 375 g/mol. The van der Waals surface area contributed by atoms with Crippen LogP contribution in [0.3, 0.4) is 0 Å². The Balaban J connectivity index is 1.72. The lowest BCUT2D eigenvalue weighted by Crippen LogP contribution is -2.44. The molecule has 3 atom stereocenters. The summed E-state index contributed by atoms with van der Waals surface area (Å²) in [5.41, 5.74) is 1.81. The Labute approximate surface area is 155 Å². The lowest BCUT2D eigenvalue weighted by atomic mass is 10.0. The summed E-state index contributed by atoms with van der Waals surface area (Å²) in [7, 11) is -4.21. The largest absolute Gasteiger partial charge is 0.375 e. The van der Waals surface area contributed by atoms with Crippen molar-refractivity contribution in [1.29, 1.82) is 0 Å². The fourth-order valence-corrected chi connectivity index (χ4v) is 4.47. The van der Waals surface area contributed by atoms with E-state index in [0.29, 0.717) is 18.7 Å². The van der Waals surface area contributed by atoms with E-state index in [4.69, 9.17) is 4.74 Å². The topological polar surface area (TPSA) is 66.8 Å². The Morgan fingerprint density at radius 3 is 2.23 bits per heavy atom. The van der Waals surface area contributed by atoms with E-state index < -0.39 is 15.4 Å². The zero-order valence-electron chi connectivity index (χ0n) is 14.9. The Hall–Kier alpha value is -1.73. The van der Waals surface area contributed by atoms with Crippen LogP contribution in [0.2, 0.25) is 0 Å². The summed E-state index contributed by atoms with van der Waals surface area (Å²) in [5, 5.41) is -0.972. The third-order valence-corrected chi connectivity index (χ3v) is 6.19. The zero-order valence-corrected chi connectivity index (χ0v) is 15.7. The molecule has 1 fully saturated rings. The summed E-state index contributed by atoms with van der Waals surface area (Å²) in [6, 6.07) is 19.3. The van der Waals surface area contributed by atoms with Gasteiger partial charge < -0.3 is 4.74 Å². The number of rotatable bonds is 6. The van der Waals surface area contributed by atoms with Crippen molar-refractivity contribution in [2.45, 2.75) is 30.7 Å². The third kappa shape index (κ3) is 4.71. The van der Waals surface area contributed by atoms with Gasteiger partial charge in [0.2, 0.25) is 0 Å². The molecule has 2 aromatic rings. The highest BCUT2D eigenvalue weighted by atomic mass is 32.2. The maximum absolute atomic E-state index is 11.9. The van der Waals surface area contributed by atoms with Crippen molar-refractivity contribution < 1.29 is 17.7 Å². The molecule has 3 rings (SSSR count). The molecular formula is C20H25NO4S. The fraction of sp³-hybridized carbons (Fsp3) is 0.400.